The molecular weight excluding hydrogens is 361 g/mol. The summed E-state index contributed by atoms with van der Waals surface area (Å²) in [5.74, 6) is 0.343. The lowest BCUT2D eigenvalue weighted by atomic mass is 10.1. The summed E-state index contributed by atoms with van der Waals surface area (Å²) in [5.41, 5.74) is -0.248. The largest absolute Gasteiger partial charge is 0.459 e. The first-order valence-corrected chi connectivity index (χ1v) is 8.40. The third-order valence-corrected chi connectivity index (χ3v) is 3.47. The Morgan fingerprint density at radius 1 is 1.11 bits per heavy atom. The number of nitrogens with one attached hydrogen (secondary N) is 3. The number of rotatable bonds is 7. The van der Waals surface area contributed by atoms with Gasteiger partial charge in [-0.3, -0.25) is 4.79 Å². The molecule has 2 aromatic rings. The van der Waals surface area contributed by atoms with Crippen molar-refractivity contribution < 1.29 is 22.4 Å². The standard InChI is InChI=1S/C18H21F3N4O2/c1-2-22-17(24-9-8-23-16(26)15-7-4-10-27-15)25-12-13-5-3-6-14(11-13)18(19,20)21/h3-7,10-11H,2,8-9,12H2,1H3,(H,23,26)(H2,22,24,25). The minimum Gasteiger partial charge on any atom is -0.459 e. The summed E-state index contributed by atoms with van der Waals surface area (Å²) in [6.07, 6.45) is -2.97. The van der Waals surface area contributed by atoms with Crippen LogP contribution >= 0.6 is 0 Å². The van der Waals surface area contributed by atoms with Crippen LogP contribution in [-0.2, 0) is 12.7 Å². The van der Waals surface area contributed by atoms with Crippen molar-refractivity contribution in [1.29, 1.82) is 0 Å². The Labute approximate surface area is 154 Å². The lowest BCUT2D eigenvalue weighted by Crippen LogP contribution is -2.41. The number of carbonyl (C=O) groups excluding carboxylic acids is 1. The molecule has 9 heteroatoms. The maximum atomic E-state index is 12.8. The lowest BCUT2D eigenvalue weighted by molar-refractivity contribution is -0.137. The van der Waals surface area contributed by atoms with E-state index in [9.17, 15) is 18.0 Å². The second kappa shape index (κ2) is 9.65. The van der Waals surface area contributed by atoms with Gasteiger partial charge >= 0.3 is 6.18 Å². The van der Waals surface area contributed by atoms with Gasteiger partial charge in [-0.05, 0) is 36.8 Å². The van der Waals surface area contributed by atoms with Crippen molar-refractivity contribution in [3.63, 3.8) is 0 Å². The number of benzene rings is 1. The average molecular weight is 382 g/mol. The van der Waals surface area contributed by atoms with Gasteiger partial charge in [0.05, 0.1) is 18.4 Å². The van der Waals surface area contributed by atoms with Crippen LogP contribution in [0.1, 0.15) is 28.6 Å². The molecule has 1 amide bonds. The zero-order chi connectivity index (χ0) is 19.7. The number of alkyl halides is 3. The van der Waals surface area contributed by atoms with Crippen LogP contribution in [0.5, 0.6) is 0 Å². The molecule has 3 N–H and O–H groups in total. The Hall–Kier alpha value is -2.97. The van der Waals surface area contributed by atoms with Crippen molar-refractivity contribution >= 4 is 11.9 Å². The molecule has 0 bridgehead atoms. The molecule has 0 aliphatic heterocycles. The fraction of sp³-hybridized carbons (Fsp3) is 0.333. The summed E-state index contributed by atoms with van der Waals surface area (Å²) >= 11 is 0. The second-order valence-corrected chi connectivity index (χ2v) is 5.55. The van der Waals surface area contributed by atoms with Gasteiger partial charge in [-0.15, -0.1) is 0 Å². The molecule has 6 nitrogen and oxygen atoms in total. The van der Waals surface area contributed by atoms with E-state index in [-0.39, 0.29) is 18.2 Å². The first-order chi connectivity index (χ1) is 12.9. The lowest BCUT2D eigenvalue weighted by Gasteiger charge is -2.12. The maximum absolute atomic E-state index is 12.8. The number of guanidine groups is 1. The van der Waals surface area contributed by atoms with Gasteiger partial charge in [-0.1, -0.05) is 12.1 Å². The zero-order valence-corrected chi connectivity index (χ0v) is 14.8. The van der Waals surface area contributed by atoms with Crippen LogP contribution in [0.3, 0.4) is 0 Å². The van der Waals surface area contributed by atoms with E-state index in [0.717, 1.165) is 12.1 Å². The number of halogens is 3. The molecule has 0 radical (unpaired) electrons. The van der Waals surface area contributed by atoms with Crippen LogP contribution in [0.2, 0.25) is 0 Å². The minimum atomic E-state index is -4.38. The molecule has 0 saturated carbocycles. The van der Waals surface area contributed by atoms with Crippen molar-refractivity contribution in [2.24, 2.45) is 4.99 Å². The van der Waals surface area contributed by atoms with Crippen LogP contribution in [-0.4, -0.2) is 31.5 Å². The smallest absolute Gasteiger partial charge is 0.416 e. The van der Waals surface area contributed by atoms with Gasteiger partial charge in [-0.2, -0.15) is 13.2 Å². The van der Waals surface area contributed by atoms with E-state index >= 15 is 0 Å². The number of furan rings is 1. The monoisotopic (exact) mass is 382 g/mol. The number of hydrogen-bond acceptors (Lipinski definition) is 3. The van der Waals surface area contributed by atoms with Gasteiger partial charge in [0.15, 0.2) is 11.7 Å². The molecular formula is C18H21F3N4O2. The van der Waals surface area contributed by atoms with E-state index in [1.165, 1.54) is 12.3 Å². The predicted octanol–water partition coefficient (Wildman–Crippen LogP) is 2.78. The SMILES string of the molecule is CCNC(=NCc1cccc(C(F)(F)F)c1)NCCNC(=O)c1ccco1. The summed E-state index contributed by atoms with van der Waals surface area (Å²) in [4.78, 5) is 16.0. The van der Waals surface area contributed by atoms with Crippen molar-refractivity contribution in [2.45, 2.75) is 19.6 Å². The van der Waals surface area contributed by atoms with Gasteiger partial charge in [0.1, 0.15) is 0 Å². The normalized spacial score (nSPS) is 11.9. The molecule has 0 spiro atoms. The first-order valence-electron chi connectivity index (χ1n) is 8.40. The first kappa shape index (κ1) is 20.3. The van der Waals surface area contributed by atoms with Crippen LogP contribution in [0, 0.1) is 0 Å². The molecule has 0 aliphatic carbocycles. The molecule has 0 fully saturated rings. The highest BCUT2D eigenvalue weighted by atomic mass is 19.4. The Balaban J connectivity index is 1.86. The van der Waals surface area contributed by atoms with E-state index in [2.05, 4.69) is 20.9 Å². The summed E-state index contributed by atoms with van der Waals surface area (Å²) < 4.78 is 43.3. The molecule has 0 unspecified atom stereocenters. The third-order valence-electron chi connectivity index (χ3n) is 3.47. The zero-order valence-electron chi connectivity index (χ0n) is 14.8. The quantitative estimate of drug-likeness (QED) is 0.391. The van der Waals surface area contributed by atoms with Crippen molar-refractivity contribution in [2.75, 3.05) is 19.6 Å². The van der Waals surface area contributed by atoms with Gasteiger partial charge in [-0.25, -0.2) is 4.99 Å². The highest BCUT2D eigenvalue weighted by Gasteiger charge is 2.30. The molecule has 0 saturated heterocycles. The van der Waals surface area contributed by atoms with Gasteiger partial charge in [0.2, 0.25) is 0 Å². The predicted molar refractivity (Wildman–Crippen MR) is 95.3 cm³/mol. The molecule has 1 heterocycles. The van der Waals surface area contributed by atoms with Crippen LogP contribution in [0.15, 0.2) is 52.1 Å². The fourth-order valence-electron chi connectivity index (χ4n) is 2.21. The molecule has 0 atom stereocenters. The summed E-state index contributed by atoms with van der Waals surface area (Å²) in [5, 5.41) is 8.68. The molecule has 1 aromatic heterocycles. The summed E-state index contributed by atoms with van der Waals surface area (Å²) in [7, 11) is 0. The van der Waals surface area contributed by atoms with Crippen LogP contribution in [0.4, 0.5) is 13.2 Å². The second-order valence-electron chi connectivity index (χ2n) is 5.55. The number of hydrogen-bond donors (Lipinski definition) is 3. The molecule has 0 aliphatic rings. The summed E-state index contributed by atoms with van der Waals surface area (Å²) in [6.45, 7) is 3.28. The maximum Gasteiger partial charge on any atom is 0.416 e. The van der Waals surface area contributed by atoms with Gasteiger partial charge in [0, 0.05) is 19.6 Å². The average Bonchev–Trinajstić information content (AvgIpc) is 3.17. The van der Waals surface area contributed by atoms with E-state index in [4.69, 9.17) is 4.42 Å². The minimum absolute atomic E-state index is 0.0952. The molecule has 146 valence electrons. The van der Waals surface area contributed by atoms with Crippen LogP contribution < -0.4 is 16.0 Å². The molecule has 1 aromatic carbocycles. The Kier molecular flexibility index (Phi) is 7.27. The van der Waals surface area contributed by atoms with Crippen molar-refractivity contribution in [3.05, 3.63) is 59.5 Å². The highest BCUT2D eigenvalue weighted by Crippen LogP contribution is 2.29. The summed E-state index contributed by atoms with van der Waals surface area (Å²) in [6, 6.07) is 8.24. The highest BCUT2D eigenvalue weighted by molar-refractivity contribution is 5.91. The number of amides is 1. The van der Waals surface area contributed by atoms with E-state index in [1.54, 1.807) is 18.2 Å². The Bertz CT molecular complexity index is 758. The van der Waals surface area contributed by atoms with E-state index < -0.39 is 11.7 Å². The van der Waals surface area contributed by atoms with Crippen LogP contribution in [0.25, 0.3) is 0 Å². The Morgan fingerprint density at radius 3 is 2.56 bits per heavy atom. The van der Waals surface area contributed by atoms with Crippen molar-refractivity contribution in [3.8, 4) is 0 Å². The number of aliphatic imine (C=N–C) groups is 1. The van der Waals surface area contributed by atoms with E-state index in [1.807, 2.05) is 6.92 Å². The Morgan fingerprint density at radius 2 is 1.89 bits per heavy atom. The van der Waals surface area contributed by atoms with Gasteiger partial charge in [0.25, 0.3) is 5.91 Å². The fourth-order valence-corrected chi connectivity index (χ4v) is 2.21. The molecule has 27 heavy (non-hydrogen) atoms. The van der Waals surface area contributed by atoms with Crippen molar-refractivity contribution in [1.82, 2.24) is 16.0 Å². The third kappa shape index (κ3) is 6.69. The van der Waals surface area contributed by atoms with Gasteiger partial charge < -0.3 is 20.4 Å². The molecule has 2 rings (SSSR count). The number of nitrogens with zero attached hydrogens (tertiary/aromatic N) is 1. The van der Waals surface area contributed by atoms with E-state index in [0.29, 0.717) is 31.2 Å². The number of carbonyl (C=O) groups is 1. The topological polar surface area (TPSA) is 78.7 Å².